The van der Waals surface area contributed by atoms with Gasteiger partial charge in [0.15, 0.2) is 11.6 Å². The summed E-state index contributed by atoms with van der Waals surface area (Å²) < 4.78 is 14.9. The van der Waals surface area contributed by atoms with E-state index in [9.17, 15) is 0 Å². The third-order valence-electron chi connectivity index (χ3n) is 9.45. The first-order chi connectivity index (χ1) is 25.3. The highest BCUT2D eigenvalue weighted by molar-refractivity contribution is 6.24. The molecule has 0 saturated heterocycles. The molecule has 0 spiro atoms. The van der Waals surface area contributed by atoms with Crippen molar-refractivity contribution in [2.24, 2.45) is 0 Å². The second kappa shape index (κ2) is 10.6. The van der Waals surface area contributed by atoms with Gasteiger partial charge < -0.3 is 8.83 Å². The van der Waals surface area contributed by atoms with E-state index in [1.807, 2.05) is 102 Å². The summed E-state index contributed by atoms with van der Waals surface area (Å²) in [7, 11) is 0. The Morgan fingerprint density at radius 2 is 1.08 bits per heavy atom. The van der Waals surface area contributed by atoms with Gasteiger partial charge in [0.05, 0.1) is 16.4 Å². The Hall–Kier alpha value is -7.26. The van der Waals surface area contributed by atoms with Gasteiger partial charge in [-0.3, -0.25) is 4.57 Å². The molecule has 0 aliphatic carbocycles. The molecule has 0 N–H and O–H groups in total. The Bertz CT molecular complexity index is 3110. The molecule has 0 unspecified atom stereocenters. The Labute approximate surface area is 288 Å². The molecule has 0 atom stereocenters. The van der Waals surface area contributed by atoms with E-state index in [-0.39, 0.29) is 0 Å². The molecular formula is C42H23N7O2. The lowest BCUT2D eigenvalue weighted by molar-refractivity contribution is 0.663. The summed E-state index contributed by atoms with van der Waals surface area (Å²) in [6.45, 7) is 0. The molecular weight excluding hydrogens is 635 g/mol. The van der Waals surface area contributed by atoms with Crippen molar-refractivity contribution >= 4 is 65.7 Å². The van der Waals surface area contributed by atoms with Crippen LogP contribution in [0.4, 0.5) is 0 Å². The van der Waals surface area contributed by atoms with Crippen LogP contribution in [0.3, 0.4) is 0 Å². The standard InChI is InChI=1S/C42H23N7O2/c1-2-11-24(12-3-1)38-45-39(29-16-10-20-33-35(29)36-34(50-33)22-21-28-27-15-6-9-19-32(27)51-37(28)36)47-41(46-38)40-43-23-44-42(48-40)49-30-17-7-4-13-25(30)26-14-5-8-18-31(26)49/h1-23H. The van der Waals surface area contributed by atoms with E-state index in [2.05, 4.69) is 46.4 Å². The van der Waals surface area contributed by atoms with E-state index in [0.717, 1.165) is 71.2 Å². The van der Waals surface area contributed by atoms with E-state index in [4.69, 9.17) is 28.8 Å². The number of rotatable bonds is 4. The second-order valence-electron chi connectivity index (χ2n) is 12.3. The van der Waals surface area contributed by atoms with Crippen molar-refractivity contribution in [2.45, 2.75) is 0 Å². The van der Waals surface area contributed by atoms with Crippen LogP contribution >= 0.6 is 0 Å². The van der Waals surface area contributed by atoms with Gasteiger partial charge in [-0.05, 0) is 36.4 Å². The van der Waals surface area contributed by atoms with Gasteiger partial charge >= 0.3 is 0 Å². The van der Waals surface area contributed by atoms with Gasteiger partial charge in [0.1, 0.15) is 28.7 Å². The van der Waals surface area contributed by atoms with Crippen LogP contribution < -0.4 is 0 Å². The highest BCUT2D eigenvalue weighted by Crippen LogP contribution is 2.42. The second-order valence-corrected chi connectivity index (χ2v) is 12.3. The summed E-state index contributed by atoms with van der Waals surface area (Å²) in [5.41, 5.74) is 6.59. The van der Waals surface area contributed by atoms with E-state index < -0.39 is 0 Å². The summed E-state index contributed by atoms with van der Waals surface area (Å²) in [6, 6.07) is 44.3. The van der Waals surface area contributed by atoms with Gasteiger partial charge in [0.2, 0.25) is 17.6 Å². The quantitative estimate of drug-likeness (QED) is 0.184. The van der Waals surface area contributed by atoms with Crippen molar-refractivity contribution in [3.63, 3.8) is 0 Å². The zero-order valence-corrected chi connectivity index (χ0v) is 26.7. The molecule has 0 aliphatic rings. The highest BCUT2D eigenvalue weighted by Gasteiger charge is 2.22. The van der Waals surface area contributed by atoms with Gasteiger partial charge in [-0.15, -0.1) is 0 Å². The minimum atomic E-state index is 0.321. The SMILES string of the molecule is c1ccc(-c2nc(-c3ncnc(-n4c5ccccc5c5ccccc54)n3)nc(-c3cccc4oc5ccc6c7ccccc7oc6c5c34)n2)cc1. The van der Waals surface area contributed by atoms with E-state index in [1.54, 1.807) is 0 Å². The first kappa shape index (κ1) is 27.7. The maximum atomic E-state index is 6.48. The summed E-state index contributed by atoms with van der Waals surface area (Å²) >= 11 is 0. The minimum Gasteiger partial charge on any atom is -0.456 e. The van der Waals surface area contributed by atoms with Crippen LogP contribution in [0.25, 0.3) is 106 Å². The predicted octanol–water partition coefficient (Wildman–Crippen LogP) is 9.95. The first-order valence-electron chi connectivity index (χ1n) is 16.5. The van der Waals surface area contributed by atoms with Crippen LogP contribution in [-0.2, 0) is 0 Å². The zero-order valence-electron chi connectivity index (χ0n) is 26.7. The molecule has 5 aromatic heterocycles. The average Bonchev–Trinajstić information content (AvgIpc) is 3.88. The molecule has 0 fully saturated rings. The molecule has 11 rings (SSSR count). The van der Waals surface area contributed by atoms with E-state index in [0.29, 0.717) is 34.8 Å². The van der Waals surface area contributed by atoms with Crippen molar-refractivity contribution in [2.75, 3.05) is 0 Å². The fourth-order valence-electron chi connectivity index (χ4n) is 7.23. The largest absolute Gasteiger partial charge is 0.456 e. The molecule has 238 valence electrons. The molecule has 0 radical (unpaired) electrons. The fourth-order valence-corrected chi connectivity index (χ4v) is 7.23. The van der Waals surface area contributed by atoms with Gasteiger partial charge in [-0.25, -0.2) is 24.9 Å². The fraction of sp³-hybridized carbons (Fsp3) is 0. The average molecular weight is 658 g/mol. The third kappa shape index (κ3) is 4.15. The maximum Gasteiger partial charge on any atom is 0.238 e. The van der Waals surface area contributed by atoms with Gasteiger partial charge in [0.25, 0.3) is 0 Å². The minimum absolute atomic E-state index is 0.321. The highest BCUT2D eigenvalue weighted by atomic mass is 16.3. The normalized spacial score (nSPS) is 11.9. The molecule has 51 heavy (non-hydrogen) atoms. The Balaban J connectivity index is 1.16. The van der Waals surface area contributed by atoms with Gasteiger partial charge in [-0.1, -0.05) is 97.1 Å². The molecule has 0 saturated carbocycles. The molecule has 9 heteroatoms. The van der Waals surface area contributed by atoms with Crippen LogP contribution in [-0.4, -0.2) is 34.5 Å². The number of fused-ring (bicyclic) bond motifs is 10. The van der Waals surface area contributed by atoms with Crippen molar-refractivity contribution in [3.05, 3.63) is 140 Å². The molecule has 0 amide bonds. The van der Waals surface area contributed by atoms with E-state index >= 15 is 0 Å². The lowest BCUT2D eigenvalue weighted by Crippen LogP contribution is -2.06. The monoisotopic (exact) mass is 657 g/mol. The third-order valence-corrected chi connectivity index (χ3v) is 9.45. The van der Waals surface area contributed by atoms with Crippen molar-refractivity contribution in [1.82, 2.24) is 34.5 Å². The number of hydrogen-bond acceptors (Lipinski definition) is 8. The van der Waals surface area contributed by atoms with Crippen molar-refractivity contribution in [3.8, 4) is 40.4 Å². The van der Waals surface area contributed by atoms with Crippen LogP contribution in [0.1, 0.15) is 0 Å². The Morgan fingerprint density at radius 1 is 0.412 bits per heavy atom. The lowest BCUT2D eigenvalue weighted by Gasteiger charge is -2.10. The molecule has 11 aromatic rings. The molecule has 6 aromatic carbocycles. The number of furan rings is 2. The smallest absolute Gasteiger partial charge is 0.238 e. The van der Waals surface area contributed by atoms with Gasteiger partial charge in [0, 0.05) is 38.1 Å². The molecule has 9 nitrogen and oxygen atoms in total. The zero-order chi connectivity index (χ0) is 33.5. The van der Waals surface area contributed by atoms with Crippen LogP contribution in [0.5, 0.6) is 0 Å². The molecule has 0 bridgehead atoms. The summed E-state index contributed by atoms with van der Waals surface area (Å²) in [4.78, 5) is 29.2. The summed E-state index contributed by atoms with van der Waals surface area (Å²) in [5.74, 6) is 2.07. The lowest BCUT2D eigenvalue weighted by atomic mass is 10.0. The van der Waals surface area contributed by atoms with Crippen molar-refractivity contribution < 1.29 is 8.83 Å². The maximum absolute atomic E-state index is 6.48. The number of benzene rings is 6. The topological polar surface area (TPSA) is 109 Å². The summed E-state index contributed by atoms with van der Waals surface area (Å²) in [6.07, 6.45) is 1.51. The molecule has 5 heterocycles. The van der Waals surface area contributed by atoms with E-state index in [1.165, 1.54) is 6.33 Å². The first-order valence-corrected chi connectivity index (χ1v) is 16.5. The van der Waals surface area contributed by atoms with Gasteiger partial charge in [-0.2, -0.15) is 4.98 Å². The Kier molecular flexibility index (Phi) is 5.76. The number of nitrogens with zero attached hydrogens (tertiary/aromatic N) is 7. The van der Waals surface area contributed by atoms with Crippen molar-refractivity contribution in [1.29, 1.82) is 0 Å². The van der Waals surface area contributed by atoms with Crippen LogP contribution in [0, 0.1) is 0 Å². The number of para-hydroxylation sites is 3. The molecule has 0 aliphatic heterocycles. The number of hydrogen-bond donors (Lipinski definition) is 0. The Morgan fingerprint density at radius 3 is 1.90 bits per heavy atom. The van der Waals surface area contributed by atoms with Crippen LogP contribution in [0.2, 0.25) is 0 Å². The predicted molar refractivity (Wildman–Crippen MR) is 198 cm³/mol. The van der Waals surface area contributed by atoms with Crippen LogP contribution in [0.15, 0.2) is 149 Å². The number of aromatic nitrogens is 7. The summed E-state index contributed by atoms with van der Waals surface area (Å²) in [5, 5.41) is 6.01.